The summed E-state index contributed by atoms with van der Waals surface area (Å²) in [7, 11) is -4.13. The fraction of sp³-hybridized carbons (Fsp3) is 0.415. The minimum Gasteiger partial charge on any atom is -0.396 e. The Morgan fingerprint density at radius 2 is 1.15 bits per heavy atom. The zero-order valence-corrected chi connectivity index (χ0v) is 35.7. The standard InChI is InChI=1S/C21H22F3N5O5S.C20H20F3N5O3/c1-35(32,33)34-12-13(21(22,23)24)10-17(30)15-5-6-16-19(26-15)29(14-7-9-28(16)11-14)20(31)27-18-4-2-3-8-25-18;21-20(22,23)12(11-29)9-16(30)14-4-5-15-18(25-14)28(13-6-8-27(15)10-13)19(31)26-17-3-1-2-7-24-17/h2-6,8,13-14H,7,9-12H2,1H3,(H,25,27,31);1-5,7,12-13,29H,6,8-11H2,(H,24,26,31)/t13-,14+;12-,13+/m11/s1. The molecule has 4 aromatic rings. The van der Waals surface area contributed by atoms with Gasteiger partial charge in [-0.25, -0.2) is 29.5 Å². The van der Waals surface area contributed by atoms with Gasteiger partial charge in [-0.15, -0.1) is 0 Å². The van der Waals surface area contributed by atoms with Gasteiger partial charge in [-0.3, -0.25) is 34.2 Å². The molecule has 0 aromatic carbocycles. The second-order valence-corrected chi connectivity index (χ2v) is 17.4. The van der Waals surface area contributed by atoms with Crippen molar-refractivity contribution in [2.24, 2.45) is 11.8 Å². The molecule has 18 nitrogen and oxygen atoms in total. The van der Waals surface area contributed by atoms with Gasteiger partial charge in [0.15, 0.2) is 23.2 Å². The van der Waals surface area contributed by atoms with Crippen molar-refractivity contribution in [2.75, 3.05) is 75.9 Å². The van der Waals surface area contributed by atoms with Crippen molar-refractivity contribution in [3.8, 4) is 0 Å². The van der Waals surface area contributed by atoms with E-state index in [9.17, 15) is 53.9 Å². The van der Waals surface area contributed by atoms with Crippen LogP contribution in [0.2, 0.25) is 0 Å². The zero-order valence-electron chi connectivity index (χ0n) is 34.9. The maximum Gasteiger partial charge on any atom is 0.394 e. The SMILES string of the molecule is CS(=O)(=O)OC[C@@H](CC(=O)c1ccc2c(n1)N(C(=O)Nc1ccccn1)[C@H]1CCN2C1)C(F)(F)F.O=C(C[C@H](CO)C(F)(F)F)c1ccc2c(n1)N(C(=O)Nc1ccccn1)[C@H]1CCN2C1. The maximum absolute atomic E-state index is 13.4. The van der Waals surface area contributed by atoms with Crippen molar-refractivity contribution in [2.45, 2.75) is 50.1 Å². The van der Waals surface area contributed by atoms with E-state index in [0.29, 0.717) is 68.3 Å². The lowest BCUT2D eigenvalue weighted by molar-refractivity contribution is -0.182. The summed E-state index contributed by atoms with van der Waals surface area (Å²) in [6.07, 6.45) is -6.53. The van der Waals surface area contributed by atoms with Crippen molar-refractivity contribution >= 4 is 68.4 Å². The summed E-state index contributed by atoms with van der Waals surface area (Å²) in [5.41, 5.74) is 0.769. The van der Waals surface area contributed by atoms with Gasteiger partial charge in [-0.2, -0.15) is 34.8 Å². The molecule has 66 heavy (non-hydrogen) atoms. The number of fused-ring (bicyclic) bond motifs is 8. The number of Topliss-reactive ketones (excluding diaryl/α,β-unsaturated/α-hetero) is 2. The first-order valence-corrected chi connectivity index (χ1v) is 22.2. The van der Waals surface area contributed by atoms with Crippen LogP contribution < -0.4 is 30.2 Å². The van der Waals surface area contributed by atoms with Gasteiger partial charge in [0.2, 0.25) is 0 Å². The Hall–Kier alpha value is -6.47. The molecule has 4 amide bonds. The van der Waals surface area contributed by atoms with Crippen LogP contribution >= 0.6 is 0 Å². The predicted molar refractivity (Wildman–Crippen MR) is 226 cm³/mol. The number of halogens is 6. The van der Waals surface area contributed by atoms with Crippen LogP contribution in [0.1, 0.15) is 46.7 Å². The van der Waals surface area contributed by atoms with Crippen LogP contribution in [0.3, 0.4) is 0 Å². The summed E-state index contributed by atoms with van der Waals surface area (Å²) >= 11 is 0. The third-order valence-corrected chi connectivity index (χ3v) is 11.8. The molecule has 2 saturated heterocycles. The van der Waals surface area contributed by atoms with E-state index in [1.54, 1.807) is 48.5 Å². The molecular weight excluding hydrogens is 907 g/mol. The minimum absolute atomic E-state index is 0.161. The van der Waals surface area contributed by atoms with Crippen LogP contribution in [0.15, 0.2) is 73.1 Å². The Balaban J connectivity index is 0.000000198. The smallest absolute Gasteiger partial charge is 0.394 e. The van der Waals surface area contributed by atoms with E-state index >= 15 is 0 Å². The lowest BCUT2D eigenvalue weighted by Crippen LogP contribution is -2.48. The Kier molecular flexibility index (Phi) is 13.8. The molecule has 0 saturated carbocycles. The lowest BCUT2D eigenvalue weighted by atomic mass is 10.0. The van der Waals surface area contributed by atoms with E-state index < -0.39 is 84.0 Å². The molecule has 3 N–H and O–H groups in total. The highest BCUT2D eigenvalue weighted by Crippen LogP contribution is 2.41. The zero-order chi connectivity index (χ0) is 47.6. The second-order valence-electron chi connectivity index (χ2n) is 15.8. The van der Waals surface area contributed by atoms with E-state index in [1.165, 1.54) is 34.3 Å². The molecule has 0 radical (unpaired) electrons. The lowest BCUT2D eigenvalue weighted by Gasteiger charge is -2.35. The fourth-order valence-electron chi connectivity index (χ4n) is 7.88. The van der Waals surface area contributed by atoms with Crippen LogP contribution in [0.4, 0.5) is 70.6 Å². The quantitative estimate of drug-likeness (QED) is 0.0884. The van der Waals surface area contributed by atoms with E-state index in [-0.39, 0.29) is 35.1 Å². The molecule has 0 spiro atoms. The summed E-state index contributed by atoms with van der Waals surface area (Å²) in [6, 6.07) is 14.4. The van der Waals surface area contributed by atoms with Crippen LogP contribution in [0.5, 0.6) is 0 Å². The van der Waals surface area contributed by atoms with Gasteiger partial charge < -0.3 is 14.9 Å². The van der Waals surface area contributed by atoms with Gasteiger partial charge in [0, 0.05) is 51.4 Å². The number of rotatable bonds is 12. The number of carbonyl (C=O) groups is 4. The highest BCUT2D eigenvalue weighted by atomic mass is 32.2. The average molecular weight is 949 g/mol. The van der Waals surface area contributed by atoms with Gasteiger partial charge in [-0.05, 0) is 61.4 Å². The monoisotopic (exact) mass is 948 g/mol. The number of aliphatic hydroxyl groups excluding tert-OH is 1. The molecule has 4 aromatic heterocycles. The normalized spacial score (nSPS) is 18.4. The number of urea groups is 2. The van der Waals surface area contributed by atoms with E-state index in [4.69, 9.17) is 5.11 Å². The maximum atomic E-state index is 13.4. The third kappa shape index (κ3) is 11.0. The molecular formula is C41H42F6N10O8S. The first kappa shape index (κ1) is 47.5. The number of nitrogens with zero attached hydrogens (tertiary/aromatic N) is 8. The number of nitrogens with one attached hydrogen (secondary N) is 2. The number of alkyl halides is 6. The Bertz CT molecular complexity index is 2560. The number of carbonyl (C=O) groups excluding carboxylic acids is 4. The Morgan fingerprint density at radius 3 is 1.53 bits per heavy atom. The summed E-state index contributed by atoms with van der Waals surface area (Å²) in [4.78, 5) is 74.9. The number of hydrogen-bond donors (Lipinski definition) is 3. The summed E-state index contributed by atoms with van der Waals surface area (Å²) in [6.45, 7) is 0.0939. The number of amides is 4. The van der Waals surface area contributed by atoms with E-state index in [1.807, 2.05) is 9.80 Å². The molecule has 8 heterocycles. The number of hydrogen-bond acceptors (Lipinski definition) is 14. The number of ketones is 2. The third-order valence-electron chi connectivity index (χ3n) is 11.2. The fourth-order valence-corrected chi connectivity index (χ4v) is 8.29. The first-order chi connectivity index (χ1) is 31.2. The highest BCUT2D eigenvalue weighted by Gasteiger charge is 2.45. The average Bonchev–Trinajstić information content (AvgIpc) is 3.88. The molecule has 2 fully saturated rings. The van der Waals surface area contributed by atoms with Crippen molar-refractivity contribution in [1.82, 2.24) is 19.9 Å². The molecule has 4 aliphatic heterocycles. The van der Waals surface area contributed by atoms with Gasteiger partial charge in [-0.1, -0.05) is 12.1 Å². The molecule has 4 aliphatic rings. The molecule has 8 rings (SSSR count). The summed E-state index contributed by atoms with van der Waals surface area (Å²) in [5.74, 6) is -5.27. The molecule has 352 valence electrons. The van der Waals surface area contributed by atoms with Gasteiger partial charge >= 0.3 is 24.4 Å². The molecule has 25 heteroatoms. The molecule has 0 unspecified atom stereocenters. The topological polar surface area (TPSA) is 220 Å². The van der Waals surface area contributed by atoms with Crippen LogP contribution in [0.25, 0.3) is 0 Å². The summed E-state index contributed by atoms with van der Waals surface area (Å²) in [5, 5.41) is 14.4. The van der Waals surface area contributed by atoms with Crippen LogP contribution in [-0.4, -0.2) is 127 Å². The number of pyridine rings is 4. The largest absolute Gasteiger partial charge is 0.396 e. The van der Waals surface area contributed by atoms with Crippen LogP contribution in [-0.2, 0) is 14.3 Å². The van der Waals surface area contributed by atoms with Gasteiger partial charge in [0.25, 0.3) is 10.1 Å². The van der Waals surface area contributed by atoms with Crippen molar-refractivity contribution in [3.63, 3.8) is 0 Å². The second kappa shape index (κ2) is 19.2. The Labute approximate surface area is 373 Å². The number of aromatic nitrogens is 4. The Morgan fingerprint density at radius 1 is 0.712 bits per heavy atom. The first-order valence-electron chi connectivity index (χ1n) is 20.4. The minimum atomic E-state index is -4.87. The van der Waals surface area contributed by atoms with Crippen molar-refractivity contribution in [3.05, 3.63) is 84.4 Å². The molecule has 4 bridgehead atoms. The predicted octanol–water partition coefficient (Wildman–Crippen LogP) is 5.69. The van der Waals surface area contributed by atoms with Crippen molar-refractivity contribution < 1.29 is 63.2 Å². The van der Waals surface area contributed by atoms with Crippen LogP contribution in [0, 0.1) is 11.8 Å². The number of aliphatic hydroxyl groups is 1. The van der Waals surface area contributed by atoms with Crippen molar-refractivity contribution in [1.29, 1.82) is 0 Å². The van der Waals surface area contributed by atoms with E-state index in [0.717, 1.165) is 0 Å². The van der Waals surface area contributed by atoms with E-state index in [2.05, 4.69) is 34.8 Å². The highest BCUT2D eigenvalue weighted by molar-refractivity contribution is 7.85. The van der Waals surface area contributed by atoms with Gasteiger partial charge in [0.1, 0.15) is 23.0 Å². The summed E-state index contributed by atoms with van der Waals surface area (Å²) < 4.78 is 106. The number of anilines is 6. The molecule has 4 atom stereocenters. The van der Waals surface area contributed by atoms with Gasteiger partial charge in [0.05, 0.1) is 54.8 Å². The molecule has 0 aliphatic carbocycles.